The molecular formula is C22H24N3+. The highest BCUT2D eigenvalue weighted by molar-refractivity contribution is 5.90. The smallest absolute Gasteiger partial charge is 0.232 e. The monoisotopic (exact) mass is 330 g/mol. The van der Waals surface area contributed by atoms with Crippen LogP contribution in [0.15, 0.2) is 53.8 Å². The molecule has 3 aromatic rings. The lowest BCUT2D eigenvalue weighted by Crippen LogP contribution is -2.31. The van der Waals surface area contributed by atoms with Gasteiger partial charge in [-0.2, -0.15) is 0 Å². The van der Waals surface area contributed by atoms with Crippen LogP contribution in [0.3, 0.4) is 0 Å². The molecule has 1 saturated carbocycles. The molecule has 2 aromatic carbocycles. The van der Waals surface area contributed by atoms with Crippen molar-refractivity contribution in [1.82, 2.24) is 4.98 Å². The van der Waals surface area contributed by atoms with E-state index in [0.717, 1.165) is 11.5 Å². The SMILES string of the molecule is Cc1c(-c2cc(N=CC3CCCC3)nc[n+]2C)ccc2ccccc12. The van der Waals surface area contributed by atoms with Crippen molar-refractivity contribution in [2.45, 2.75) is 32.6 Å². The minimum absolute atomic E-state index is 0.626. The fourth-order valence-corrected chi connectivity index (χ4v) is 3.80. The molecule has 1 heterocycles. The lowest BCUT2D eigenvalue weighted by atomic mass is 9.98. The zero-order valence-corrected chi connectivity index (χ0v) is 14.9. The van der Waals surface area contributed by atoms with Crippen LogP contribution in [-0.2, 0) is 7.05 Å². The molecular weight excluding hydrogens is 306 g/mol. The highest BCUT2D eigenvalue weighted by Crippen LogP contribution is 2.29. The van der Waals surface area contributed by atoms with E-state index in [-0.39, 0.29) is 0 Å². The number of aliphatic imine (C=N–C) groups is 1. The maximum absolute atomic E-state index is 4.66. The van der Waals surface area contributed by atoms with Crippen LogP contribution in [0.2, 0.25) is 0 Å². The van der Waals surface area contributed by atoms with Gasteiger partial charge in [-0.05, 0) is 53.1 Å². The van der Waals surface area contributed by atoms with Crippen molar-refractivity contribution in [2.75, 3.05) is 0 Å². The average Bonchev–Trinajstić information content (AvgIpc) is 3.16. The van der Waals surface area contributed by atoms with E-state index in [2.05, 4.69) is 70.1 Å². The van der Waals surface area contributed by atoms with Crippen LogP contribution in [-0.4, -0.2) is 11.2 Å². The van der Waals surface area contributed by atoms with E-state index in [1.165, 1.54) is 47.6 Å². The summed E-state index contributed by atoms with van der Waals surface area (Å²) in [6.45, 7) is 2.19. The number of benzene rings is 2. The van der Waals surface area contributed by atoms with Crippen molar-refractivity contribution in [3.8, 4) is 11.3 Å². The molecule has 1 aliphatic carbocycles. The standard InChI is InChI=1S/C22H24N3/c1-16-19-10-6-5-9-18(19)11-12-20(16)21-13-22(24-15-25(21)2)23-14-17-7-3-4-8-17/h5-6,9-15,17H,3-4,7-8H2,1-2H3/q+1. The summed E-state index contributed by atoms with van der Waals surface area (Å²) >= 11 is 0. The fraction of sp³-hybridized carbons (Fsp3) is 0.318. The lowest BCUT2D eigenvalue weighted by Gasteiger charge is -2.09. The number of aryl methyl sites for hydroxylation is 2. The van der Waals surface area contributed by atoms with Gasteiger partial charge in [0.05, 0.1) is 13.1 Å². The normalized spacial score (nSPS) is 15.4. The second kappa shape index (κ2) is 6.75. The van der Waals surface area contributed by atoms with Crippen molar-refractivity contribution in [1.29, 1.82) is 0 Å². The molecule has 0 bridgehead atoms. The first-order chi connectivity index (χ1) is 12.2. The number of nitrogens with zero attached hydrogens (tertiary/aromatic N) is 3. The summed E-state index contributed by atoms with van der Waals surface area (Å²) in [5.41, 5.74) is 3.68. The molecule has 126 valence electrons. The summed E-state index contributed by atoms with van der Waals surface area (Å²) in [4.78, 5) is 9.14. The van der Waals surface area contributed by atoms with Crippen LogP contribution >= 0.6 is 0 Å². The quantitative estimate of drug-likeness (QED) is 0.494. The Balaban J connectivity index is 1.74. The van der Waals surface area contributed by atoms with Gasteiger partial charge in [-0.15, -0.1) is 0 Å². The largest absolute Gasteiger partial charge is 0.289 e. The Morgan fingerprint density at radius 3 is 2.76 bits per heavy atom. The predicted octanol–water partition coefficient (Wildman–Crippen LogP) is 4.93. The molecule has 0 atom stereocenters. The summed E-state index contributed by atoms with van der Waals surface area (Å²) in [5, 5.41) is 2.58. The second-order valence-corrected chi connectivity index (χ2v) is 7.03. The molecule has 0 radical (unpaired) electrons. The Morgan fingerprint density at radius 1 is 1.12 bits per heavy atom. The zero-order valence-electron chi connectivity index (χ0n) is 14.9. The van der Waals surface area contributed by atoms with Gasteiger partial charge in [0.1, 0.15) is 5.69 Å². The molecule has 0 spiro atoms. The Morgan fingerprint density at radius 2 is 1.92 bits per heavy atom. The summed E-state index contributed by atoms with van der Waals surface area (Å²) < 4.78 is 2.08. The third kappa shape index (κ3) is 3.19. The predicted molar refractivity (Wildman–Crippen MR) is 103 cm³/mol. The minimum Gasteiger partial charge on any atom is -0.232 e. The van der Waals surface area contributed by atoms with E-state index in [1.807, 2.05) is 13.4 Å². The van der Waals surface area contributed by atoms with Crippen molar-refractivity contribution < 1.29 is 4.57 Å². The molecule has 4 rings (SSSR count). The van der Waals surface area contributed by atoms with Crippen molar-refractivity contribution in [2.24, 2.45) is 18.0 Å². The van der Waals surface area contributed by atoms with Crippen LogP contribution in [0.4, 0.5) is 5.82 Å². The van der Waals surface area contributed by atoms with E-state index in [4.69, 9.17) is 0 Å². The molecule has 1 aromatic heterocycles. The molecule has 0 aliphatic heterocycles. The molecule has 3 nitrogen and oxygen atoms in total. The van der Waals surface area contributed by atoms with Crippen molar-refractivity contribution >= 4 is 22.8 Å². The Kier molecular flexibility index (Phi) is 4.31. The van der Waals surface area contributed by atoms with Gasteiger partial charge in [0.15, 0.2) is 0 Å². The highest BCUT2D eigenvalue weighted by atomic mass is 15.0. The van der Waals surface area contributed by atoms with Gasteiger partial charge in [-0.25, -0.2) is 9.56 Å². The van der Waals surface area contributed by atoms with Gasteiger partial charge < -0.3 is 0 Å². The number of rotatable bonds is 3. The first-order valence-electron chi connectivity index (χ1n) is 9.11. The number of hydrogen-bond donors (Lipinski definition) is 0. The first-order valence-corrected chi connectivity index (χ1v) is 9.11. The topological polar surface area (TPSA) is 29.1 Å². The van der Waals surface area contributed by atoms with E-state index in [0.29, 0.717) is 5.92 Å². The highest BCUT2D eigenvalue weighted by Gasteiger charge is 2.16. The number of hydrogen-bond acceptors (Lipinski definition) is 2. The summed E-state index contributed by atoms with van der Waals surface area (Å²) in [7, 11) is 2.04. The van der Waals surface area contributed by atoms with Crippen LogP contribution in [0.25, 0.3) is 22.0 Å². The number of fused-ring (bicyclic) bond motifs is 1. The molecule has 3 heteroatoms. The molecule has 0 saturated heterocycles. The van der Waals surface area contributed by atoms with Crippen LogP contribution in [0.5, 0.6) is 0 Å². The van der Waals surface area contributed by atoms with Gasteiger partial charge in [-0.1, -0.05) is 43.2 Å². The molecule has 1 fully saturated rings. The summed E-state index contributed by atoms with van der Waals surface area (Å²) in [5.74, 6) is 1.43. The first kappa shape index (κ1) is 15.9. The molecule has 0 unspecified atom stereocenters. The van der Waals surface area contributed by atoms with Gasteiger partial charge in [-0.3, -0.25) is 0 Å². The fourth-order valence-electron chi connectivity index (χ4n) is 3.80. The maximum Gasteiger partial charge on any atom is 0.289 e. The van der Waals surface area contributed by atoms with E-state index < -0.39 is 0 Å². The lowest BCUT2D eigenvalue weighted by molar-refractivity contribution is -0.663. The summed E-state index contributed by atoms with van der Waals surface area (Å²) in [6, 6.07) is 15.0. The molecule has 1 aliphatic rings. The van der Waals surface area contributed by atoms with Crippen LogP contribution < -0.4 is 4.57 Å². The maximum atomic E-state index is 4.66. The van der Waals surface area contributed by atoms with Gasteiger partial charge >= 0.3 is 0 Å². The van der Waals surface area contributed by atoms with Crippen LogP contribution in [0.1, 0.15) is 31.2 Å². The van der Waals surface area contributed by atoms with Crippen molar-refractivity contribution in [3.63, 3.8) is 0 Å². The van der Waals surface area contributed by atoms with Gasteiger partial charge in [0, 0.05) is 11.8 Å². The average molecular weight is 330 g/mol. The minimum atomic E-state index is 0.626. The Labute approximate surface area is 149 Å². The van der Waals surface area contributed by atoms with E-state index >= 15 is 0 Å². The van der Waals surface area contributed by atoms with Crippen molar-refractivity contribution in [3.05, 3.63) is 54.4 Å². The molecule has 0 amide bonds. The third-order valence-corrected chi connectivity index (χ3v) is 5.30. The van der Waals surface area contributed by atoms with E-state index in [1.54, 1.807) is 0 Å². The second-order valence-electron chi connectivity index (χ2n) is 7.03. The zero-order chi connectivity index (χ0) is 17.2. The molecule has 25 heavy (non-hydrogen) atoms. The third-order valence-electron chi connectivity index (χ3n) is 5.30. The summed E-state index contributed by atoms with van der Waals surface area (Å²) in [6.07, 6.45) is 9.16. The Hall–Kier alpha value is -2.55. The van der Waals surface area contributed by atoms with E-state index in [9.17, 15) is 0 Å². The molecule has 0 N–H and O–H groups in total. The van der Waals surface area contributed by atoms with Crippen LogP contribution in [0, 0.1) is 12.8 Å². The Bertz CT molecular complexity index is 937. The number of aromatic nitrogens is 2. The van der Waals surface area contributed by atoms with Gasteiger partial charge in [0.2, 0.25) is 0 Å². The van der Waals surface area contributed by atoms with Gasteiger partial charge in [0.25, 0.3) is 12.1 Å².